The van der Waals surface area contributed by atoms with Crippen LogP contribution in [-0.2, 0) is 4.79 Å². The summed E-state index contributed by atoms with van der Waals surface area (Å²) in [5.41, 5.74) is 0.532. The average Bonchev–Trinajstić information content (AvgIpc) is 3.51. The number of fused-ring (bicyclic) bond motifs is 7. The highest BCUT2D eigenvalue weighted by Gasteiger charge is 2.65. The van der Waals surface area contributed by atoms with E-state index in [-0.39, 0.29) is 17.1 Å². The van der Waals surface area contributed by atoms with Gasteiger partial charge in [0.2, 0.25) is 5.91 Å². The standard InChI is InChI=1S/C33H56N2O2/c1-22-24-12-16-32(5)25-13-18-33(29(37)34-30(2,3)21-35-19-6-7-20-35)15-8-9-26(33)23(25)10-11-28(32)31(24,4)17-14-27(22)36/h22-28,36H,6-21H2,1-5H3,(H,34,37). The molecule has 6 fully saturated rings. The molecule has 2 N–H and O–H groups in total. The molecule has 0 bridgehead atoms. The van der Waals surface area contributed by atoms with Gasteiger partial charge in [-0.3, -0.25) is 4.79 Å². The lowest BCUT2D eigenvalue weighted by Gasteiger charge is -2.67. The molecule has 6 rings (SSSR count). The Morgan fingerprint density at radius 1 is 0.865 bits per heavy atom. The van der Waals surface area contributed by atoms with Crippen molar-refractivity contribution in [2.24, 2.45) is 51.8 Å². The third-order valence-corrected chi connectivity index (χ3v) is 13.8. The second kappa shape index (κ2) is 9.22. The zero-order valence-electron chi connectivity index (χ0n) is 24.7. The Morgan fingerprint density at radius 3 is 2.30 bits per heavy atom. The molecule has 210 valence electrons. The summed E-state index contributed by atoms with van der Waals surface area (Å²) in [6.45, 7) is 15.5. The molecule has 5 aliphatic carbocycles. The zero-order chi connectivity index (χ0) is 26.2. The van der Waals surface area contributed by atoms with Gasteiger partial charge in [-0.15, -0.1) is 0 Å². The summed E-state index contributed by atoms with van der Waals surface area (Å²) >= 11 is 0. The first-order chi connectivity index (χ1) is 17.5. The highest BCUT2D eigenvalue weighted by atomic mass is 16.3. The average molecular weight is 513 g/mol. The molecule has 10 unspecified atom stereocenters. The number of amides is 1. The number of likely N-dealkylation sites (tertiary alicyclic amines) is 1. The van der Waals surface area contributed by atoms with Gasteiger partial charge in [-0.05, 0) is 150 Å². The Kier molecular flexibility index (Phi) is 6.63. The monoisotopic (exact) mass is 512 g/mol. The molecule has 0 radical (unpaired) electrons. The minimum atomic E-state index is -0.154. The maximum atomic E-state index is 14.2. The minimum absolute atomic E-state index is 0.0965. The van der Waals surface area contributed by atoms with Crippen LogP contribution in [0.15, 0.2) is 0 Å². The molecule has 1 amide bonds. The number of aliphatic hydroxyl groups is 1. The summed E-state index contributed by atoms with van der Waals surface area (Å²) < 4.78 is 0. The number of rotatable bonds is 4. The summed E-state index contributed by atoms with van der Waals surface area (Å²) in [7, 11) is 0. The molecular formula is C33H56N2O2. The van der Waals surface area contributed by atoms with Crippen LogP contribution < -0.4 is 5.32 Å². The number of carbonyl (C=O) groups is 1. The van der Waals surface area contributed by atoms with E-state index in [2.05, 4.69) is 44.8 Å². The van der Waals surface area contributed by atoms with E-state index < -0.39 is 0 Å². The molecule has 1 aliphatic heterocycles. The van der Waals surface area contributed by atoms with Crippen LogP contribution in [0.1, 0.15) is 118 Å². The van der Waals surface area contributed by atoms with Crippen molar-refractivity contribution >= 4 is 5.91 Å². The summed E-state index contributed by atoms with van der Waals surface area (Å²) in [5.74, 6) is 4.42. The Balaban J connectivity index is 1.21. The van der Waals surface area contributed by atoms with E-state index in [1.54, 1.807) is 0 Å². The van der Waals surface area contributed by atoms with Gasteiger partial charge in [0.1, 0.15) is 0 Å². The lowest BCUT2D eigenvalue weighted by atomic mass is 9.37. The number of nitrogens with one attached hydrogen (secondary N) is 1. The maximum Gasteiger partial charge on any atom is 0.226 e. The Hall–Kier alpha value is -0.610. The van der Waals surface area contributed by atoms with Gasteiger partial charge in [-0.1, -0.05) is 27.2 Å². The fourth-order valence-electron chi connectivity index (χ4n) is 12.2. The van der Waals surface area contributed by atoms with Crippen molar-refractivity contribution in [1.82, 2.24) is 10.2 Å². The van der Waals surface area contributed by atoms with Gasteiger partial charge in [0.15, 0.2) is 0 Å². The summed E-state index contributed by atoms with van der Waals surface area (Å²) in [5, 5.41) is 14.3. The van der Waals surface area contributed by atoms with Gasteiger partial charge in [0.25, 0.3) is 0 Å². The van der Waals surface area contributed by atoms with Crippen LogP contribution in [0.4, 0.5) is 0 Å². The quantitative estimate of drug-likeness (QED) is 0.457. The Morgan fingerprint density at radius 2 is 1.54 bits per heavy atom. The predicted molar refractivity (Wildman–Crippen MR) is 150 cm³/mol. The lowest BCUT2D eigenvalue weighted by molar-refractivity contribution is -0.196. The Labute approximate surface area is 227 Å². The molecule has 4 heteroatoms. The van der Waals surface area contributed by atoms with Crippen LogP contribution in [0.2, 0.25) is 0 Å². The van der Waals surface area contributed by atoms with Gasteiger partial charge in [-0.2, -0.15) is 0 Å². The predicted octanol–water partition coefficient (Wildman–Crippen LogP) is 6.41. The van der Waals surface area contributed by atoms with Crippen molar-refractivity contribution in [3.8, 4) is 0 Å². The van der Waals surface area contributed by atoms with E-state index in [1.807, 2.05) is 0 Å². The molecule has 0 aromatic heterocycles. The van der Waals surface area contributed by atoms with Crippen molar-refractivity contribution in [3.63, 3.8) is 0 Å². The zero-order valence-corrected chi connectivity index (χ0v) is 24.7. The topological polar surface area (TPSA) is 52.6 Å². The molecule has 0 aromatic carbocycles. The van der Waals surface area contributed by atoms with Crippen molar-refractivity contribution in [2.75, 3.05) is 19.6 Å². The van der Waals surface area contributed by atoms with E-state index in [1.165, 1.54) is 77.3 Å². The van der Waals surface area contributed by atoms with E-state index in [0.29, 0.717) is 34.5 Å². The number of hydrogen-bond acceptors (Lipinski definition) is 3. The molecule has 5 saturated carbocycles. The third kappa shape index (κ3) is 4.08. The number of aliphatic hydroxyl groups excluding tert-OH is 1. The smallest absolute Gasteiger partial charge is 0.226 e. The molecule has 6 aliphatic rings. The largest absolute Gasteiger partial charge is 0.393 e. The first-order valence-corrected chi connectivity index (χ1v) is 16.2. The molecule has 1 saturated heterocycles. The van der Waals surface area contributed by atoms with Gasteiger partial charge in [0, 0.05) is 12.1 Å². The molecule has 0 aromatic rings. The summed E-state index contributed by atoms with van der Waals surface area (Å²) in [4.78, 5) is 16.7. The van der Waals surface area contributed by atoms with Crippen molar-refractivity contribution < 1.29 is 9.90 Å². The third-order valence-electron chi connectivity index (χ3n) is 13.8. The van der Waals surface area contributed by atoms with Crippen LogP contribution in [0, 0.1) is 51.8 Å². The van der Waals surface area contributed by atoms with Gasteiger partial charge >= 0.3 is 0 Å². The number of carbonyl (C=O) groups excluding carboxylic acids is 1. The van der Waals surface area contributed by atoms with E-state index in [0.717, 1.165) is 43.6 Å². The SMILES string of the molecule is CC1C(O)CCC2(C)C1CCC1(C)C3CCC4(C(=O)NC(C)(C)CN5CCCC5)CCCC4C3CCC21. The minimum Gasteiger partial charge on any atom is -0.393 e. The van der Waals surface area contributed by atoms with Crippen LogP contribution >= 0.6 is 0 Å². The van der Waals surface area contributed by atoms with Crippen LogP contribution in [0.25, 0.3) is 0 Å². The molecule has 37 heavy (non-hydrogen) atoms. The van der Waals surface area contributed by atoms with E-state index >= 15 is 0 Å². The van der Waals surface area contributed by atoms with Gasteiger partial charge in [-0.25, -0.2) is 0 Å². The maximum absolute atomic E-state index is 14.2. The normalized spacial score (nSPS) is 50.1. The van der Waals surface area contributed by atoms with Crippen molar-refractivity contribution in [2.45, 2.75) is 130 Å². The Bertz CT molecular complexity index is 882. The number of nitrogens with zero attached hydrogens (tertiary/aromatic N) is 1. The summed E-state index contributed by atoms with van der Waals surface area (Å²) in [6, 6.07) is 0. The first-order valence-electron chi connectivity index (χ1n) is 16.2. The second-order valence-corrected chi connectivity index (χ2v) is 16.0. The molecule has 1 heterocycles. The highest BCUT2D eigenvalue weighted by molar-refractivity contribution is 5.84. The molecular weight excluding hydrogens is 456 g/mol. The van der Waals surface area contributed by atoms with Crippen molar-refractivity contribution in [3.05, 3.63) is 0 Å². The van der Waals surface area contributed by atoms with Crippen LogP contribution in [-0.4, -0.2) is 47.2 Å². The lowest BCUT2D eigenvalue weighted by Crippen LogP contribution is -2.63. The number of hydrogen-bond donors (Lipinski definition) is 2. The van der Waals surface area contributed by atoms with Gasteiger partial charge < -0.3 is 15.3 Å². The molecule has 0 spiro atoms. The van der Waals surface area contributed by atoms with Crippen LogP contribution in [0.3, 0.4) is 0 Å². The molecule has 4 nitrogen and oxygen atoms in total. The fourth-order valence-corrected chi connectivity index (χ4v) is 12.2. The first kappa shape index (κ1) is 26.6. The van der Waals surface area contributed by atoms with Crippen LogP contribution in [0.5, 0.6) is 0 Å². The molecule has 10 atom stereocenters. The van der Waals surface area contributed by atoms with E-state index in [4.69, 9.17) is 0 Å². The second-order valence-electron chi connectivity index (χ2n) is 16.0. The fraction of sp³-hybridized carbons (Fsp3) is 0.970. The summed E-state index contributed by atoms with van der Waals surface area (Å²) in [6.07, 6.45) is 16.0. The van der Waals surface area contributed by atoms with Gasteiger partial charge in [0.05, 0.1) is 11.5 Å². The highest BCUT2D eigenvalue weighted by Crippen LogP contribution is 2.71. The van der Waals surface area contributed by atoms with E-state index in [9.17, 15) is 9.90 Å². The van der Waals surface area contributed by atoms with Crippen molar-refractivity contribution in [1.29, 1.82) is 0 Å².